The number of fused-ring (bicyclic) bond motifs is 6. The Hall–Kier alpha value is -5.46. The van der Waals surface area contributed by atoms with Crippen LogP contribution in [-0.4, -0.2) is 0 Å². The minimum absolute atomic E-state index is 0.0490. The molecule has 218 valence electrons. The van der Waals surface area contributed by atoms with Crippen molar-refractivity contribution in [3.63, 3.8) is 0 Å². The highest BCUT2D eigenvalue weighted by molar-refractivity contribution is 6.21. The molecule has 0 nitrogen and oxygen atoms in total. The van der Waals surface area contributed by atoms with Crippen LogP contribution in [0.15, 0.2) is 152 Å². The molecule has 0 aliphatic heterocycles. The molecule has 0 saturated carbocycles. The second-order valence-corrected chi connectivity index (χ2v) is 13.4. The summed E-state index contributed by atoms with van der Waals surface area (Å²) in [7, 11) is 0. The third kappa shape index (κ3) is 4.00. The van der Waals surface area contributed by atoms with Gasteiger partial charge in [0.05, 0.1) is 0 Å². The van der Waals surface area contributed by atoms with Gasteiger partial charge in [0.1, 0.15) is 0 Å². The van der Waals surface area contributed by atoms with Crippen LogP contribution in [0.25, 0.3) is 76.8 Å². The maximum Gasteiger partial charge on any atom is 0.0159 e. The van der Waals surface area contributed by atoms with Crippen LogP contribution in [0.4, 0.5) is 0 Å². The van der Waals surface area contributed by atoms with E-state index in [0.29, 0.717) is 0 Å². The summed E-state index contributed by atoms with van der Waals surface area (Å²) in [6.07, 6.45) is 0. The van der Waals surface area contributed by atoms with Crippen molar-refractivity contribution in [2.75, 3.05) is 0 Å². The van der Waals surface area contributed by atoms with Crippen molar-refractivity contribution >= 4 is 32.3 Å². The van der Waals surface area contributed by atoms with E-state index >= 15 is 0 Å². The van der Waals surface area contributed by atoms with Crippen molar-refractivity contribution in [1.82, 2.24) is 0 Å². The lowest BCUT2D eigenvalue weighted by Crippen LogP contribution is -2.14. The number of aryl methyl sites for hydroxylation is 1. The van der Waals surface area contributed by atoms with Gasteiger partial charge in [-0.15, -0.1) is 0 Å². The molecule has 0 atom stereocenters. The second-order valence-electron chi connectivity index (χ2n) is 13.4. The fourth-order valence-electron chi connectivity index (χ4n) is 8.00. The molecule has 46 heavy (non-hydrogen) atoms. The van der Waals surface area contributed by atoms with E-state index in [0.717, 1.165) is 0 Å². The first-order valence-electron chi connectivity index (χ1n) is 16.3. The molecule has 0 radical (unpaired) electrons. The maximum atomic E-state index is 2.47. The maximum absolute atomic E-state index is 2.47. The molecule has 1 aliphatic rings. The lowest BCUT2D eigenvalue weighted by Gasteiger charge is -2.23. The van der Waals surface area contributed by atoms with Crippen molar-refractivity contribution in [1.29, 1.82) is 0 Å². The molecule has 8 aromatic rings. The van der Waals surface area contributed by atoms with Gasteiger partial charge < -0.3 is 0 Å². The third-order valence-electron chi connectivity index (χ3n) is 10.3. The Labute approximate surface area is 270 Å². The fourth-order valence-corrected chi connectivity index (χ4v) is 8.00. The first-order chi connectivity index (χ1) is 22.5. The van der Waals surface area contributed by atoms with Crippen LogP contribution in [0, 0.1) is 6.92 Å². The summed E-state index contributed by atoms with van der Waals surface area (Å²) in [4.78, 5) is 0. The van der Waals surface area contributed by atoms with E-state index in [1.54, 1.807) is 0 Å². The van der Waals surface area contributed by atoms with Crippen LogP contribution in [0.2, 0.25) is 0 Å². The zero-order valence-corrected chi connectivity index (χ0v) is 26.4. The van der Waals surface area contributed by atoms with Crippen LogP contribution in [0.1, 0.15) is 30.5 Å². The van der Waals surface area contributed by atoms with E-state index in [1.165, 1.54) is 93.5 Å². The molecule has 9 rings (SSSR count). The summed E-state index contributed by atoms with van der Waals surface area (Å²) in [5, 5.41) is 7.70. The molecule has 0 spiro atoms. The first-order valence-corrected chi connectivity index (χ1v) is 16.3. The zero-order valence-electron chi connectivity index (χ0n) is 26.4. The Morgan fingerprint density at radius 1 is 0.370 bits per heavy atom. The smallest absolute Gasteiger partial charge is 0.0159 e. The summed E-state index contributed by atoms with van der Waals surface area (Å²) in [6.45, 7) is 6.95. The molecule has 0 saturated heterocycles. The van der Waals surface area contributed by atoms with E-state index < -0.39 is 0 Å². The normalized spacial score (nSPS) is 13.3. The highest BCUT2D eigenvalue weighted by atomic mass is 14.4. The molecule has 0 bridgehead atoms. The third-order valence-corrected chi connectivity index (χ3v) is 10.3. The van der Waals surface area contributed by atoms with Gasteiger partial charge >= 0.3 is 0 Å². The quantitative estimate of drug-likeness (QED) is 0.181. The molecule has 0 heteroatoms. The zero-order chi connectivity index (χ0) is 31.0. The molecular weight excluding hydrogens is 553 g/mol. The molecule has 0 aromatic heterocycles. The van der Waals surface area contributed by atoms with Crippen molar-refractivity contribution in [3.8, 4) is 44.5 Å². The van der Waals surface area contributed by atoms with E-state index in [2.05, 4.69) is 172 Å². The summed E-state index contributed by atoms with van der Waals surface area (Å²) in [5.41, 5.74) is 14.4. The number of benzene rings is 8. The monoisotopic (exact) mass is 586 g/mol. The van der Waals surface area contributed by atoms with E-state index in [1.807, 2.05) is 0 Å². The Morgan fingerprint density at radius 2 is 0.978 bits per heavy atom. The average molecular weight is 587 g/mol. The summed E-state index contributed by atoms with van der Waals surface area (Å²) < 4.78 is 0. The Bertz CT molecular complexity index is 2510. The minimum atomic E-state index is -0.0490. The Morgan fingerprint density at radius 3 is 1.83 bits per heavy atom. The van der Waals surface area contributed by atoms with Crippen molar-refractivity contribution in [2.24, 2.45) is 0 Å². The Kier molecular flexibility index (Phi) is 5.86. The van der Waals surface area contributed by atoms with Gasteiger partial charge in [-0.05, 0) is 113 Å². The molecule has 0 N–H and O–H groups in total. The topological polar surface area (TPSA) is 0 Å². The van der Waals surface area contributed by atoms with Crippen LogP contribution in [0.3, 0.4) is 0 Å². The number of rotatable bonds is 3. The average Bonchev–Trinajstić information content (AvgIpc) is 3.32. The first kappa shape index (κ1) is 26.9. The molecule has 1 aliphatic carbocycles. The van der Waals surface area contributed by atoms with Crippen LogP contribution in [0.5, 0.6) is 0 Å². The van der Waals surface area contributed by atoms with E-state index in [4.69, 9.17) is 0 Å². The number of hydrogen-bond donors (Lipinski definition) is 0. The van der Waals surface area contributed by atoms with Gasteiger partial charge in [-0.2, -0.15) is 0 Å². The molecule has 0 fully saturated rings. The van der Waals surface area contributed by atoms with Gasteiger partial charge in [0.2, 0.25) is 0 Å². The van der Waals surface area contributed by atoms with E-state index in [-0.39, 0.29) is 5.41 Å². The van der Waals surface area contributed by atoms with Gasteiger partial charge in [0.15, 0.2) is 0 Å². The van der Waals surface area contributed by atoms with Crippen LogP contribution >= 0.6 is 0 Å². The minimum Gasteiger partial charge on any atom is -0.0619 e. The van der Waals surface area contributed by atoms with Crippen molar-refractivity contribution < 1.29 is 0 Å². The summed E-state index contributed by atoms with van der Waals surface area (Å²) in [6, 6.07) is 56.6. The van der Waals surface area contributed by atoms with Gasteiger partial charge in [-0.1, -0.05) is 153 Å². The predicted octanol–water partition coefficient (Wildman–Crippen LogP) is 12.8. The lowest BCUT2D eigenvalue weighted by atomic mass is 9.80. The molecule has 0 heterocycles. The largest absolute Gasteiger partial charge is 0.0619 e. The molecule has 0 unspecified atom stereocenters. The Balaban J connectivity index is 1.29. The lowest BCUT2D eigenvalue weighted by molar-refractivity contribution is 0.660. The highest BCUT2D eigenvalue weighted by Crippen LogP contribution is 2.51. The predicted molar refractivity (Wildman–Crippen MR) is 198 cm³/mol. The molecule has 0 amide bonds. The summed E-state index contributed by atoms with van der Waals surface area (Å²) >= 11 is 0. The fraction of sp³-hybridized carbons (Fsp3) is 0.0870. The van der Waals surface area contributed by atoms with E-state index in [9.17, 15) is 0 Å². The van der Waals surface area contributed by atoms with Crippen molar-refractivity contribution in [3.05, 3.63) is 168 Å². The van der Waals surface area contributed by atoms with Crippen LogP contribution < -0.4 is 0 Å². The summed E-state index contributed by atoms with van der Waals surface area (Å²) in [5.74, 6) is 0. The van der Waals surface area contributed by atoms with Gasteiger partial charge in [0.25, 0.3) is 0 Å². The second kappa shape index (κ2) is 10.0. The molecule has 8 aromatic carbocycles. The SMILES string of the molecule is Cc1ccc2c(-c3cccc(-c4ccc5ccccc5c4)c3)c3ccccc3c(-c3ccc4c(c3)C(C)(C)c3ccccc3-4)c2c1. The van der Waals surface area contributed by atoms with Gasteiger partial charge in [-0.25, -0.2) is 0 Å². The number of hydrogen-bond acceptors (Lipinski definition) is 0. The van der Waals surface area contributed by atoms with Crippen LogP contribution in [-0.2, 0) is 5.41 Å². The molecular formula is C46H34. The standard InChI is InChI=1S/C46H34/c1-29-19-23-40-41(25-29)45(35-22-24-37-36-15-8-9-18-42(36)46(2,3)43(37)28-35)39-17-7-6-16-38(39)44(40)34-14-10-13-32(27-34)33-21-20-30-11-4-5-12-31(30)26-33/h4-28H,1-3H3. The van der Waals surface area contributed by atoms with Gasteiger partial charge in [0, 0.05) is 5.41 Å². The van der Waals surface area contributed by atoms with Crippen molar-refractivity contribution in [2.45, 2.75) is 26.2 Å². The highest BCUT2D eigenvalue weighted by Gasteiger charge is 2.35. The van der Waals surface area contributed by atoms with Gasteiger partial charge in [-0.3, -0.25) is 0 Å².